The van der Waals surface area contributed by atoms with Crippen LogP contribution in [0.4, 0.5) is 5.82 Å². The first kappa shape index (κ1) is 15.6. The molecule has 2 rings (SSSR count). The topological polar surface area (TPSA) is 96.1 Å². The molecule has 2 N–H and O–H groups in total. The number of nitrogens with zero attached hydrogens (tertiary/aromatic N) is 4. The predicted molar refractivity (Wildman–Crippen MR) is 82.7 cm³/mol. The quantitative estimate of drug-likeness (QED) is 0.766. The van der Waals surface area contributed by atoms with Gasteiger partial charge < -0.3 is 10.1 Å². The summed E-state index contributed by atoms with van der Waals surface area (Å²) in [5.41, 5.74) is 9.72. The Bertz CT molecular complexity index is 653. The van der Waals surface area contributed by atoms with Crippen molar-refractivity contribution in [3.8, 4) is 6.01 Å². The van der Waals surface area contributed by atoms with E-state index in [0.29, 0.717) is 11.5 Å². The van der Waals surface area contributed by atoms with Gasteiger partial charge in [-0.05, 0) is 36.6 Å². The summed E-state index contributed by atoms with van der Waals surface area (Å²) in [5, 5.41) is 6.40. The first-order valence-corrected chi connectivity index (χ1v) is 6.90. The monoisotopic (exact) mass is 298 g/mol. The first-order chi connectivity index (χ1) is 10.7. The van der Waals surface area contributed by atoms with Gasteiger partial charge in [0.2, 0.25) is 0 Å². The summed E-state index contributed by atoms with van der Waals surface area (Å²) in [6.07, 6.45) is 7.61. The van der Waals surface area contributed by atoms with Crippen LogP contribution < -0.4 is 10.1 Å². The fourth-order valence-corrected chi connectivity index (χ4v) is 1.62. The molecule has 0 amide bonds. The van der Waals surface area contributed by atoms with E-state index < -0.39 is 0 Å². The van der Waals surface area contributed by atoms with E-state index in [-0.39, 0.29) is 12.6 Å². The first-order valence-electron chi connectivity index (χ1n) is 6.90. The van der Waals surface area contributed by atoms with E-state index in [9.17, 15) is 0 Å². The minimum absolute atomic E-state index is 0.105. The third-order valence-corrected chi connectivity index (χ3v) is 2.88. The van der Waals surface area contributed by atoms with Crippen LogP contribution >= 0.6 is 0 Å². The van der Waals surface area contributed by atoms with Gasteiger partial charge in [-0.25, -0.2) is 20.5 Å². The highest BCUT2D eigenvalue weighted by Crippen LogP contribution is 2.08. The summed E-state index contributed by atoms with van der Waals surface area (Å²) in [7, 11) is 0. The molecule has 0 spiro atoms. The van der Waals surface area contributed by atoms with E-state index in [1.165, 1.54) is 0 Å². The molecule has 0 aliphatic rings. The molecule has 0 aromatic carbocycles. The third-order valence-electron chi connectivity index (χ3n) is 2.88. The van der Waals surface area contributed by atoms with E-state index >= 15 is 0 Å². The maximum atomic E-state index is 7.17. The lowest BCUT2D eigenvalue weighted by molar-refractivity contribution is 0.320. The van der Waals surface area contributed by atoms with Crippen molar-refractivity contribution in [2.24, 2.45) is 5.11 Å². The number of anilines is 1. The molecule has 0 bridgehead atoms. The van der Waals surface area contributed by atoms with E-state index in [1.807, 2.05) is 26.0 Å². The molecule has 0 aliphatic carbocycles. The van der Waals surface area contributed by atoms with Crippen molar-refractivity contribution in [1.82, 2.24) is 15.0 Å². The van der Waals surface area contributed by atoms with Crippen LogP contribution in [0, 0.1) is 12.5 Å². The maximum absolute atomic E-state index is 7.17. The van der Waals surface area contributed by atoms with E-state index in [2.05, 4.69) is 25.4 Å². The number of ether oxygens (including phenoxy) is 1. The van der Waals surface area contributed by atoms with Crippen LogP contribution in [0.5, 0.6) is 6.01 Å². The lowest BCUT2D eigenvalue weighted by Crippen LogP contribution is -2.05. The van der Waals surface area contributed by atoms with Crippen LogP contribution in [0.1, 0.15) is 18.1 Å². The number of aryl methyl sites for hydroxylation is 2. The number of rotatable bonds is 7. The molecule has 0 atom stereocenters. The molecule has 0 saturated carbocycles. The minimum atomic E-state index is 0.105. The zero-order valence-corrected chi connectivity index (χ0v) is 12.6. The lowest BCUT2D eigenvalue weighted by Gasteiger charge is -2.05. The number of hydrogen-bond donors (Lipinski definition) is 2. The van der Waals surface area contributed by atoms with Crippen LogP contribution in [-0.2, 0) is 6.42 Å². The third kappa shape index (κ3) is 4.62. The Morgan fingerprint density at radius 1 is 1.36 bits per heavy atom. The predicted octanol–water partition coefficient (Wildman–Crippen LogP) is 3.11. The minimum Gasteiger partial charge on any atom is -0.457 e. The molecule has 114 valence electrons. The highest BCUT2D eigenvalue weighted by Gasteiger charge is 2.01. The van der Waals surface area contributed by atoms with Crippen LogP contribution in [-0.4, -0.2) is 21.6 Å². The van der Waals surface area contributed by atoms with Gasteiger partial charge in [0.25, 0.3) is 0 Å². The second kappa shape index (κ2) is 7.82. The fraction of sp³-hybridized carbons (Fsp3) is 0.267. The smallest absolute Gasteiger partial charge is 0.316 e. The van der Waals surface area contributed by atoms with Crippen LogP contribution in [0.3, 0.4) is 0 Å². The Morgan fingerprint density at radius 2 is 2.14 bits per heavy atom. The molecule has 0 radical (unpaired) electrons. The average molecular weight is 298 g/mol. The van der Waals surface area contributed by atoms with Gasteiger partial charge in [0.15, 0.2) is 0 Å². The Morgan fingerprint density at radius 3 is 2.77 bits per heavy atom. The summed E-state index contributed by atoms with van der Waals surface area (Å²) in [6, 6.07) is 4.07. The molecule has 2 heterocycles. The lowest BCUT2D eigenvalue weighted by atomic mass is 10.3. The van der Waals surface area contributed by atoms with Gasteiger partial charge in [-0.1, -0.05) is 6.92 Å². The SMILES string of the molecule is CCc1cnc(OC/C(=C/Nc2cc(C)ccn2)N=N)nc1. The summed E-state index contributed by atoms with van der Waals surface area (Å²) >= 11 is 0. The summed E-state index contributed by atoms with van der Waals surface area (Å²) < 4.78 is 5.41. The highest BCUT2D eigenvalue weighted by molar-refractivity contribution is 5.40. The highest BCUT2D eigenvalue weighted by atomic mass is 16.5. The van der Waals surface area contributed by atoms with Gasteiger partial charge in [0.1, 0.15) is 18.1 Å². The van der Waals surface area contributed by atoms with Gasteiger partial charge in [0.05, 0.1) is 0 Å². The second-order valence-electron chi connectivity index (χ2n) is 4.63. The Labute approximate surface area is 129 Å². The molecule has 22 heavy (non-hydrogen) atoms. The number of hydrogen-bond acceptors (Lipinski definition) is 7. The van der Waals surface area contributed by atoms with Gasteiger partial charge in [0, 0.05) is 24.8 Å². The van der Waals surface area contributed by atoms with Crippen molar-refractivity contribution in [1.29, 1.82) is 5.53 Å². The molecular weight excluding hydrogens is 280 g/mol. The largest absolute Gasteiger partial charge is 0.457 e. The Hall–Kier alpha value is -2.83. The molecule has 2 aromatic rings. The van der Waals surface area contributed by atoms with Gasteiger partial charge in [-0.3, -0.25) is 0 Å². The van der Waals surface area contributed by atoms with Crippen LogP contribution in [0.2, 0.25) is 0 Å². The molecule has 0 fully saturated rings. The standard InChI is InChI=1S/C15H18N6O/c1-3-12-7-19-15(20-8-12)22-10-13(21-16)9-18-14-6-11(2)4-5-17-14/h4-9,16H,3,10H2,1-2H3,(H,17,18)/b13-9-,21-16?. The molecule has 0 aliphatic heterocycles. The Balaban J connectivity index is 1.93. The zero-order chi connectivity index (χ0) is 15.8. The van der Waals surface area contributed by atoms with E-state index in [4.69, 9.17) is 10.3 Å². The van der Waals surface area contributed by atoms with Crippen LogP contribution in [0.15, 0.2) is 47.7 Å². The zero-order valence-electron chi connectivity index (χ0n) is 12.6. The van der Waals surface area contributed by atoms with Gasteiger partial charge in [-0.2, -0.15) is 5.11 Å². The van der Waals surface area contributed by atoms with E-state index in [0.717, 1.165) is 17.5 Å². The molecule has 7 heteroatoms. The summed E-state index contributed by atoms with van der Waals surface area (Å²) in [4.78, 5) is 12.3. The second-order valence-corrected chi connectivity index (χ2v) is 4.63. The normalized spacial score (nSPS) is 11.1. The summed E-state index contributed by atoms with van der Waals surface area (Å²) in [5.74, 6) is 0.685. The molecular formula is C15H18N6O. The van der Waals surface area contributed by atoms with E-state index in [1.54, 1.807) is 24.8 Å². The van der Waals surface area contributed by atoms with Crippen molar-refractivity contribution in [2.75, 3.05) is 11.9 Å². The van der Waals surface area contributed by atoms with Crippen molar-refractivity contribution in [3.63, 3.8) is 0 Å². The Kier molecular flexibility index (Phi) is 5.53. The molecule has 0 saturated heterocycles. The summed E-state index contributed by atoms with van der Waals surface area (Å²) in [6.45, 7) is 4.12. The van der Waals surface area contributed by atoms with Gasteiger partial charge >= 0.3 is 6.01 Å². The molecule has 2 aromatic heterocycles. The van der Waals surface area contributed by atoms with Crippen LogP contribution in [0.25, 0.3) is 0 Å². The van der Waals surface area contributed by atoms with Crippen molar-refractivity contribution >= 4 is 5.82 Å². The maximum Gasteiger partial charge on any atom is 0.316 e. The molecule has 0 unspecified atom stereocenters. The van der Waals surface area contributed by atoms with Gasteiger partial charge in [-0.15, -0.1) is 0 Å². The van der Waals surface area contributed by atoms with Crippen molar-refractivity contribution in [2.45, 2.75) is 20.3 Å². The van der Waals surface area contributed by atoms with Crippen molar-refractivity contribution in [3.05, 3.63) is 53.7 Å². The van der Waals surface area contributed by atoms with Crippen molar-refractivity contribution < 1.29 is 4.74 Å². The average Bonchev–Trinajstić information content (AvgIpc) is 2.55. The number of aromatic nitrogens is 3. The number of nitrogens with one attached hydrogen (secondary N) is 2. The molecule has 7 nitrogen and oxygen atoms in total. The fourth-order valence-electron chi connectivity index (χ4n) is 1.62. The number of pyridine rings is 1.